The van der Waals surface area contributed by atoms with E-state index in [4.69, 9.17) is 0 Å². The molecule has 1 aliphatic rings. The first-order valence-electron chi connectivity index (χ1n) is 20.8. The Hall–Kier alpha value is -5.60. The maximum atomic E-state index is 16.2. The molecule has 328 valence electrons. The second-order valence-electron chi connectivity index (χ2n) is 15.3. The summed E-state index contributed by atoms with van der Waals surface area (Å²) in [5.41, 5.74) is 2.85. The van der Waals surface area contributed by atoms with Crippen molar-refractivity contribution in [2.75, 3.05) is 36.0 Å². The SMILES string of the molecule is CCN(CC)c1ccc(N=Nc2ccc(-c3sc(C)c(C4=C(c5c(C)sc(-c6ccc(N=Nc7ccc(N(CC)CC)cc7)cc6)c5C)C(F)(F)C(F)(F)C4(F)F)c3C)cc2)cc1. The van der Waals surface area contributed by atoms with Crippen molar-refractivity contribution in [3.05, 3.63) is 129 Å². The Morgan fingerprint density at radius 3 is 0.968 bits per heavy atom. The number of aryl methyl sites for hydroxylation is 2. The quantitative estimate of drug-likeness (QED) is 0.0808. The van der Waals surface area contributed by atoms with Crippen molar-refractivity contribution in [2.24, 2.45) is 20.5 Å². The molecule has 0 saturated heterocycles. The standard InChI is InChI=1S/C49H48F6N6S2/c1-9-60(10-2)39-25-21-37(22-26-39)58-56-35-17-13-33(14-18-35)45-29(5)41(31(7)62-45)43-44(48(52,53)49(54,55)47(43,50)51)42-30(6)46(63-32(42)8)34-15-19-36(20-16-34)57-59-38-23-27-40(28-24-38)61(11-3)12-4/h13-28H,9-12H2,1-8H3. The van der Waals surface area contributed by atoms with E-state index >= 15 is 26.3 Å². The predicted molar refractivity (Wildman–Crippen MR) is 248 cm³/mol. The van der Waals surface area contributed by atoms with Crippen LogP contribution in [0.1, 0.15) is 59.7 Å². The van der Waals surface area contributed by atoms with Crippen LogP contribution < -0.4 is 9.80 Å². The van der Waals surface area contributed by atoms with Gasteiger partial charge in [0.25, 0.3) is 0 Å². The number of anilines is 2. The van der Waals surface area contributed by atoms with Gasteiger partial charge >= 0.3 is 17.8 Å². The molecule has 7 rings (SSSR count). The zero-order valence-corrected chi connectivity index (χ0v) is 38.0. The van der Waals surface area contributed by atoms with E-state index in [1.165, 1.54) is 27.7 Å². The van der Waals surface area contributed by atoms with E-state index in [1.807, 2.05) is 48.5 Å². The molecule has 0 bridgehead atoms. The van der Waals surface area contributed by atoms with Crippen LogP contribution in [0.4, 0.5) is 60.5 Å². The van der Waals surface area contributed by atoms with Crippen LogP contribution in [0.3, 0.4) is 0 Å². The van der Waals surface area contributed by atoms with Gasteiger partial charge in [-0.2, -0.15) is 46.8 Å². The molecule has 0 radical (unpaired) electrons. The zero-order chi connectivity index (χ0) is 45.4. The van der Waals surface area contributed by atoms with Crippen molar-refractivity contribution in [3.63, 3.8) is 0 Å². The van der Waals surface area contributed by atoms with Gasteiger partial charge in [0.05, 0.1) is 22.7 Å². The van der Waals surface area contributed by atoms with Gasteiger partial charge < -0.3 is 9.80 Å². The number of halogens is 6. The summed E-state index contributed by atoms with van der Waals surface area (Å²) < 4.78 is 96.3. The highest BCUT2D eigenvalue weighted by molar-refractivity contribution is 7.16. The first kappa shape index (κ1) is 45.4. The molecule has 14 heteroatoms. The van der Waals surface area contributed by atoms with Gasteiger partial charge in [-0.05, 0) is 150 Å². The van der Waals surface area contributed by atoms with Gasteiger partial charge in [0, 0.05) is 79.3 Å². The van der Waals surface area contributed by atoms with Crippen molar-refractivity contribution < 1.29 is 26.3 Å². The minimum atomic E-state index is -5.69. The third kappa shape index (κ3) is 8.23. The number of thiophene rings is 2. The van der Waals surface area contributed by atoms with E-state index in [9.17, 15) is 0 Å². The number of nitrogens with zero attached hydrogens (tertiary/aromatic N) is 6. The summed E-state index contributed by atoms with van der Waals surface area (Å²) >= 11 is 2.18. The van der Waals surface area contributed by atoms with Gasteiger partial charge in [-0.1, -0.05) is 24.3 Å². The smallest absolute Gasteiger partial charge is 0.372 e. The Balaban J connectivity index is 1.21. The largest absolute Gasteiger partial charge is 0.380 e. The van der Waals surface area contributed by atoms with Crippen LogP contribution >= 0.6 is 22.7 Å². The van der Waals surface area contributed by atoms with Gasteiger partial charge in [0.15, 0.2) is 0 Å². The van der Waals surface area contributed by atoms with Gasteiger partial charge in [-0.15, -0.1) is 22.7 Å². The van der Waals surface area contributed by atoms with E-state index in [0.717, 1.165) is 60.2 Å². The molecule has 63 heavy (non-hydrogen) atoms. The Labute approximate surface area is 372 Å². The number of allylic oxidation sites excluding steroid dienone is 2. The highest BCUT2D eigenvalue weighted by Gasteiger charge is 2.80. The van der Waals surface area contributed by atoms with Gasteiger partial charge in [-0.25, -0.2) is 0 Å². The normalized spacial score (nSPS) is 15.6. The summed E-state index contributed by atoms with van der Waals surface area (Å²) in [5, 5.41) is 17.3. The van der Waals surface area contributed by atoms with Gasteiger partial charge in [0.2, 0.25) is 0 Å². The summed E-state index contributed by atoms with van der Waals surface area (Å²) in [4.78, 5) is 5.85. The van der Waals surface area contributed by atoms with Crippen molar-refractivity contribution in [2.45, 2.75) is 73.2 Å². The summed E-state index contributed by atoms with van der Waals surface area (Å²) in [6.45, 7) is 17.9. The third-order valence-electron chi connectivity index (χ3n) is 11.6. The third-order valence-corrected chi connectivity index (χ3v) is 14.1. The maximum Gasteiger partial charge on any atom is 0.380 e. The van der Waals surface area contributed by atoms with Crippen LogP contribution in [0.15, 0.2) is 118 Å². The second-order valence-corrected chi connectivity index (χ2v) is 17.8. The summed E-state index contributed by atoms with van der Waals surface area (Å²) in [5.74, 6) is -16.1. The first-order valence-corrected chi connectivity index (χ1v) is 22.5. The van der Waals surface area contributed by atoms with Crippen LogP contribution in [0, 0.1) is 27.7 Å². The molecule has 6 nitrogen and oxygen atoms in total. The number of rotatable bonds is 14. The first-order chi connectivity index (χ1) is 30.0. The van der Waals surface area contributed by atoms with Crippen molar-refractivity contribution in [1.82, 2.24) is 0 Å². The number of azo groups is 2. The molecule has 4 aromatic carbocycles. The van der Waals surface area contributed by atoms with E-state index in [2.05, 4.69) is 58.0 Å². The van der Waals surface area contributed by atoms with Gasteiger partial charge in [-0.3, -0.25) is 0 Å². The van der Waals surface area contributed by atoms with Crippen molar-refractivity contribution >= 4 is 67.9 Å². The highest BCUT2D eigenvalue weighted by Crippen LogP contribution is 2.67. The molecular weight excluding hydrogens is 851 g/mol. The molecule has 0 saturated carbocycles. The Bertz CT molecular complexity index is 2490. The predicted octanol–water partition coefficient (Wildman–Crippen LogP) is 16.7. The number of benzene rings is 4. The molecule has 0 unspecified atom stereocenters. The molecule has 0 N–H and O–H groups in total. The molecule has 1 aliphatic carbocycles. The summed E-state index contributed by atoms with van der Waals surface area (Å²) in [6, 6.07) is 29.1. The Morgan fingerprint density at radius 2 is 0.698 bits per heavy atom. The van der Waals surface area contributed by atoms with Crippen LogP contribution in [0.25, 0.3) is 32.0 Å². The lowest BCUT2D eigenvalue weighted by molar-refractivity contribution is -0.254. The summed E-state index contributed by atoms with van der Waals surface area (Å²) in [7, 11) is 0. The molecule has 0 aliphatic heterocycles. The Kier molecular flexibility index (Phi) is 12.9. The maximum absolute atomic E-state index is 16.2. The monoisotopic (exact) mass is 898 g/mol. The van der Waals surface area contributed by atoms with Crippen molar-refractivity contribution in [3.8, 4) is 20.9 Å². The van der Waals surface area contributed by atoms with E-state index < -0.39 is 28.9 Å². The van der Waals surface area contributed by atoms with Crippen LogP contribution in [-0.2, 0) is 0 Å². The highest BCUT2D eigenvalue weighted by atomic mass is 32.1. The number of hydrogen-bond acceptors (Lipinski definition) is 8. The minimum Gasteiger partial charge on any atom is -0.372 e. The molecule has 0 fully saturated rings. The number of hydrogen-bond donors (Lipinski definition) is 0. The molecule has 6 aromatic rings. The van der Waals surface area contributed by atoms with Crippen LogP contribution in [0.5, 0.6) is 0 Å². The van der Waals surface area contributed by atoms with E-state index in [-0.39, 0.29) is 32.0 Å². The molecule has 0 atom stereocenters. The fourth-order valence-electron chi connectivity index (χ4n) is 8.21. The van der Waals surface area contributed by atoms with Crippen molar-refractivity contribution in [1.29, 1.82) is 0 Å². The molecule has 0 amide bonds. The zero-order valence-electron chi connectivity index (χ0n) is 36.3. The Morgan fingerprint density at radius 1 is 0.429 bits per heavy atom. The molecule has 2 aromatic heterocycles. The minimum absolute atomic E-state index is 0.205. The average Bonchev–Trinajstić information content (AvgIpc) is 3.77. The fourth-order valence-corrected chi connectivity index (χ4v) is 10.6. The lowest BCUT2D eigenvalue weighted by Gasteiger charge is -2.26. The van der Waals surface area contributed by atoms with Crippen LogP contribution in [0.2, 0.25) is 0 Å². The summed E-state index contributed by atoms with van der Waals surface area (Å²) in [6.07, 6.45) is 0. The average molecular weight is 899 g/mol. The lowest BCUT2D eigenvalue weighted by atomic mass is 9.90. The van der Waals surface area contributed by atoms with Gasteiger partial charge in [0.1, 0.15) is 0 Å². The molecule has 0 spiro atoms. The van der Waals surface area contributed by atoms with Crippen LogP contribution in [-0.4, -0.2) is 43.9 Å². The second kappa shape index (κ2) is 17.9. The van der Waals surface area contributed by atoms with E-state index in [0.29, 0.717) is 43.6 Å². The fraction of sp³-hybridized carbons (Fsp3) is 0.306. The molecular formula is C49H48F6N6S2. The molecule has 2 heterocycles. The van der Waals surface area contributed by atoms with E-state index in [1.54, 1.807) is 48.5 Å². The number of alkyl halides is 6. The topological polar surface area (TPSA) is 55.9 Å². The lowest BCUT2D eigenvalue weighted by Crippen LogP contribution is -2.49.